The number of ether oxygens (including phenoxy) is 2. The van der Waals surface area contributed by atoms with E-state index in [9.17, 15) is 4.79 Å². The van der Waals surface area contributed by atoms with Crippen LogP contribution in [-0.2, 0) is 16.1 Å². The number of aryl methyl sites for hydroxylation is 2. The van der Waals surface area contributed by atoms with Crippen LogP contribution in [0.25, 0.3) is 0 Å². The molecule has 1 fully saturated rings. The molecule has 0 spiro atoms. The molecule has 8 nitrogen and oxygen atoms in total. The summed E-state index contributed by atoms with van der Waals surface area (Å²) in [4.78, 5) is 14.5. The van der Waals surface area contributed by atoms with E-state index in [0.717, 1.165) is 25.1 Å². The standard InChI is InChI=1S/C18H25N5O3/c1-15-19-20-21-23(15)12-9-17(24)22-11-6-10-18(13-22,25-2)14-26-16-7-4-3-5-8-16/h3-5,7-8H,6,9-14H2,1-2H3/t18-/m0/s1. The summed E-state index contributed by atoms with van der Waals surface area (Å²) in [6.07, 6.45) is 2.12. The van der Waals surface area contributed by atoms with E-state index in [-0.39, 0.29) is 5.91 Å². The molecule has 0 N–H and O–H groups in total. The summed E-state index contributed by atoms with van der Waals surface area (Å²) in [5.41, 5.74) is -0.478. The van der Waals surface area contributed by atoms with Gasteiger partial charge in [-0.25, -0.2) is 4.68 Å². The molecule has 1 atom stereocenters. The van der Waals surface area contributed by atoms with Crippen molar-refractivity contribution in [2.45, 2.75) is 38.3 Å². The number of hydrogen-bond donors (Lipinski definition) is 0. The van der Waals surface area contributed by atoms with Gasteiger partial charge in [0.25, 0.3) is 0 Å². The van der Waals surface area contributed by atoms with Crippen LogP contribution in [0.2, 0.25) is 0 Å². The first-order valence-corrected chi connectivity index (χ1v) is 8.85. The molecule has 1 aromatic carbocycles. The molecule has 3 rings (SSSR count). The van der Waals surface area contributed by atoms with Crippen molar-refractivity contribution in [2.24, 2.45) is 0 Å². The van der Waals surface area contributed by atoms with E-state index in [2.05, 4.69) is 15.5 Å². The first-order chi connectivity index (χ1) is 12.6. The number of rotatable bonds is 7. The van der Waals surface area contributed by atoms with Crippen molar-refractivity contribution in [3.8, 4) is 5.75 Å². The van der Waals surface area contributed by atoms with Crippen LogP contribution in [0.3, 0.4) is 0 Å². The molecule has 2 aromatic rings. The Bertz CT molecular complexity index is 721. The summed E-state index contributed by atoms with van der Waals surface area (Å²) >= 11 is 0. The monoisotopic (exact) mass is 359 g/mol. The fraction of sp³-hybridized carbons (Fsp3) is 0.556. The van der Waals surface area contributed by atoms with Gasteiger partial charge in [-0.1, -0.05) is 18.2 Å². The number of tetrazole rings is 1. The summed E-state index contributed by atoms with van der Waals surface area (Å²) in [6.45, 7) is 3.99. The maximum Gasteiger partial charge on any atom is 0.224 e. The summed E-state index contributed by atoms with van der Waals surface area (Å²) < 4.78 is 13.3. The fourth-order valence-electron chi connectivity index (χ4n) is 3.20. The van der Waals surface area contributed by atoms with E-state index in [4.69, 9.17) is 9.47 Å². The van der Waals surface area contributed by atoms with Crippen LogP contribution < -0.4 is 4.74 Å². The molecule has 0 saturated carbocycles. The highest BCUT2D eigenvalue weighted by Gasteiger charge is 2.38. The summed E-state index contributed by atoms with van der Waals surface area (Å²) in [5.74, 6) is 1.60. The zero-order valence-electron chi connectivity index (χ0n) is 15.3. The third-order valence-corrected chi connectivity index (χ3v) is 4.82. The molecule has 1 saturated heterocycles. The highest BCUT2D eigenvalue weighted by Crippen LogP contribution is 2.26. The van der Waals surface area contributed by atoms with E-state index >= 15 is 0 Å². The van der Waals surface area contributed by atoms with Crippen molar-refractivity contribution < 1.29 is 14.3 Å². The van der Waals surface area contributed by atoms with E-state index in [1.165, 1.54) is 0 Å². The number of aromatic nitrogens is 4. The lowest BCUT2D eigenvalue weighted by molar-refractivity contribution is -0.143. The molecule has 2 heterocycles. The SMILES string of the molecule is CO[C@@]1(COc2ccccc2)CCCN(C(=O)CCn2nnnc2C)C1. The molecule has 0 radical (unpaired) electrons. The number of para-hydroxylation sites is 1. The van der Waals surface area contributed by atoms with Crippen molar-refractivity contribution in [1.82, 2.24) is 25.1 Å². The second kappa shape index (κ2) is 8.27. The lowest BCUT2D eigenvalue weighted by Gasteiger charge is -2.41. The number of amides is 1. The molecule has 0 aliphatic carbocycles. The molecule has 0 bridgehead atoms. The van der Waals surface area contributed by atoms with Crippen molar-refractivity contribution >= 4 is 5.91 Å². The summed E-state index contributed by atoms with van der Waals surface area (Å²) in [7, 11) is 1.69. The van der Waals surface area contributed by atoms with Crippen molar-refractivity contribution in [3.05, 3.63) is 36.2 Å². The van der Waals surface area contributed by atoms with Crippen LogP contribution in [0.4, 0.5) is 0 Å². The molecule has 140 valence electrons. The first-order valence-electron chi connectivity index (χ1n) is 8.85. The van der Waals surface area contributed by atoms with Gasteiger partial charge >= 0.3 is 0 Å². The number of nitrogens with zero attached hydrogens (tertiary/aromatic N) is 5. The van der Waals surface area contributed by atoms with E-state index < -0.39 is 5.60 Å². The van der Waals surface area contributed by atoms with Crippen molar-refractivity contribution in [3.63, 3.8) is 0 Å². The zero-order chi connectivity index (χ0) is 18.4. The summed E-state index contributed by atoms with van der Waals surface area (Å²) in [5, 5.41) is 11.3. The minimum Gasteiger partial charge on any atom is -0.491 e. The van der Waals surface area contributed by atoms with E-state index in [1.54, 1.807) is 11.8 Å². The molecule has 1 amide bonds. The number of likely N-dealkylation sites (tertiary alicyclic amines) is 1. The maximum absolute atomic E-state index is 12.6. The molecule has 0 unspecified atom stereocenters. The number of methoxy groups -OCH3 is 1. The molecule has 26 heavy (non-hydrogen) atoms. The average Bonchev–Trinajstić information content (AvgIpc) is 3.10. The largest absolute Gasteiger partial charge is 0.491 e. The second-order valence-electron chi connectivity index (χ2n) is 6.61. The van der Waals surface area contributed by atoms with Gasteiger partial charge in [0.15, 0.2) is 0 Å². The van der Waals surface area contributed by atoms with Crippen LogP contribution in [0.1, 0.15) is 25.1 Å². The smallest absolute Gasteiger partial charge is 0.224 e. The Morgan fingerprint density at radius 1 is 1.31 bits per heavy atom. The predicted molar refractivity (Wildman–Crippen MR) is 94.7 cm³/mol. The van der Waals surface area contributed by atoms with Gasteiger partial charge in [-0.05, 0) is 42.3 Å². The molecule has 1 aliphatic rings. The van der Waals surface area contributed by atoms with Crippen LogP contribution in [0, 0.1) is 6.92 Å². The van der Waals surface area contributed by atoms with E-state index in [1.807, 2.05) is 42.2 Å². The first kappa shape index (κ1) is 18.3. The van der Waals surface area contributed by atoms with E-state index in [0.29, 0.717) is 31.9 Å². The molecular weight excluding hydrogens is 334 g/mol. The number of piperidine rings is 1. The normalized spacial score (nSPS) is 20.2. The lowest BCUT2D eigenvalue weighted by atomic mass is 9.93. The van der Waals surface area contributed by atoms with Crippen molar-refractivity contribution in [2.75, 3.05) is 26.8 Å². The number of hydrogen-bond acceptors (Lipinski definition) is 6. The minimum absolute atomic E-state index is 0.0840. The Morgan fingerprint density at radius 2 is 2.12 bits per heavy atom. The van der Waals surface area contributed by atoms with Crippen LogP contribution in [-0.4, -0.2) is 63.4 Å². The predicted octanol–water partition coefficient (Wildman–Crippen LogP) is 1.46. The lowest BCUT2D eigenvalue weighted by Crippen LogP contribution is -2.54. The summed E-state index contributed by atoms with van der Waals surface area (Å²) in [6, 6.07) is 9.67. The highest BCUT2D eigenvalue weighted by atomic mass is 16.5. The van der Waals surface area contributed by atoms with Gasteiger partial charge in [-0.3, -0.25) is 4.79 Å². The van der Waals surface area contributed by atoms with Crippen LogP contribution in [0.15, 0.2) is 30.3 Å². The highest BCUT2D eigenvalue weighted by molar-refractivity contribution is 5.76. The Kier molecular flexibility index (Phi) is 5.82. The van der Waals surface area contributed by atoms with Gasteiger partial charge in [0.2, 0.25) is 5.91 Å². The number of carbonyl (C=O) groups excluding carboxylic acids is 1. The third-order valence-electron chi connectivity index (χ3n) is 4.82. The molecular formula is C18H25N5O3. The van der Waals surface area contributed by atoms with Gasteiger partial charge in [0.05, 0.1) is 13.1 Å². The number of benzene rings is 1. The number of carbonyl (C=O) groups is 1. The van der Waals surface area contributed by atoms with Crippen molar-refractivity contribution in [1.29, 1.82) is 0 Å². The Morgan fingerprint density at radius 3 is 2.81 bits per heavy atom. The fourth-order valence-corrected chi connectivity index (χ4v) is 3.20. The Hall–Kier alpha value is -2.48. The maximum atomic E-state index is 12.6. The van der Waals surface area contributed by atoms with Gasteiger partial charge < -0.3 is 14.4 Å². The Balaban J connectivity index is 1.57. The van der Waals surface area contributed by atoms with Crippen LogP contribution >= 0.6 is 0 Å². The average molecular weight is 359 g/mol. The topological polar surface area (TPSA) is 82.4 Å². The quantitative estimate of drug-likeness (QED) is 0.744. The third kappa shape index (κ3) is 4.37. The van der Waals surface area contributed by atoms with Crippen LogP contribution in [0.5, 0.6) is 5.75 Å². The molecule has 1 aliphatic heterocycles. The molecule has 1 aromatic heterocycles. The molecule has 8 heteroatoms. The van der Waals surface area contributed by atoms with Gasteiger partial charge in [-0.2, -0.15) is 0 Å². The second-order valence-corrected chi connectivity index (χ2v) is 6.61. The van der Waals surface area contributed by atoms with Gasteiger partial charge in [-0.15, -0.1) is 5.10 Å². The van der Waals surface area contributed by atoms with Gasteiger partial charge in [0.1, 0.15) is 23.8 Å². The minimum atomic E-state index is -0.478. The Labute approximate surface area is 153 Å². The van der Waals surface area contributed by atoms with Gasteiger partial charge in [0, 0.05) is 20.1 Å². The zero-order valence-corrected chi connectivity index (χ0v) is 15.3.